The topological polar surface area (TPSA) is 99.0 Å². The van der Waals surface area contributed by atoms with Gasteiger partial charge in [-0.1, -0.05) is 29.7 Å². The number of phenolic OH excluding ortho intramolecular Hbond substituents is 1. The van der Waals surface area contributed by atoms with Crippen LogP contribution in [0.15, 0.2) is 47.6 Å². The number of hydrazone groups is 1. The Morgan fingerprint density at radius 2 is 1.88 bits per heavy atom. The predicted molar refractivity (Wildman–Crippen MR) is 89.1 cm³/mol. The minimum atomic E-state index is -1.20. The van der Waals surface area contributed by atoms with E-state index in [2.05, 4.69) is 16.4 Å². The van der Waals surface area contributed by atoms with Crippen LogP contribution in [0.1, 0.15) is 21.5 Å². The molecule has 2 aromatic carbocycles. The Bertz CT molecular complexity index is 864. The van der Waals surface area contributed by atoms with Gasteiger partial charge in [0, 0.05) is 17.0 Å². The Morgan fingerprint density at radius 3 is 2.50 bits per heavy atom. The zero-order valence-corrected chi connectivity index (χ0v) is 12.9. The highest BCUT2D eigenvalue weighted by atomic mass is 35.5. The van der Waals surface area contributed by atoms with E-state index in [4.69, 9.17) is 16.7 Å². The highest BCUT2D eigenvalue weighted by Gasteiger charge is 2.07. The van der Waals surface area contributed by atoms with Gasteiger partial charge in [-0.25, -0.2) is 10.2 Å². The Hall–Kier alpha value is -3.30. The van der Waals surface area contributed by atoms with Crippen molar-refractivity contribution < 1.29 is 19.8 Å². The number of nitrogens with zero attached hydrogens (tertiary/aromatic N) is 1. The summed E-state index contributed by atoms with van der Waals surface area (Å²) in [6.45, 7) is 0. The number of aromatic hydroxyl groups is 1. The van der Waals surface area contributed by atoms with E-state index in [-0.39, 0.29) is 16.3 Å². The molecule has 6 nitrogen and oxygen atoms in total. The first-order chi connectivity index (χ1) is 11.5. The molecule has 2 rings (SSSR count). The molecule has 1 amide bonds. The number of carboxylic acid groups (broad SMARTS) is 1. The molecule has 7 heteroatoms. The van der Waals surface area contributed by atoms with E-state index < -0.39 is 11.9 Å². The van der Waals surface area contributed by atoms with Gasteiger partial charge in [-0.05, 0) is 35.9 Å². The van der Waals surface area contributed by atoms with Crippen molar-refractivity contribution in [1.29, 1.82) is 0 Å². The highest BCUT2D eigenvalue weighted by molar-refractivity contribution is 6.32. The lowest BCUT2D eigenvalue weighted by atomic mass is 10.1. The van der Waals surface area contributed by atoms with Gasteiger partial charge in [-0.15, -0.1) is 0 Å². The molecule has 0 heterocycles. The highest BCUT2D eigenvalue weighted by Crippen LogP contribution is 2.23. The Morgan fingerprint density at radius 1 is 1.17 bits per heavy atom. The normalized spacial score (nSPS) is 10.0. The van der Waals surface area contributed by atoms with Crippen molar-refractivity contribution in [2.75, 3.05) is 0 Å². The van der Waals surface area contributed by atoms with Crippen molar-refractivity contribution in [3.05, 3.63) is 64.2 Å². The number of amides is 1. The monoisotopic (exact) mass is 342 g/mol. The fourth-order valence-corrected chi connectivity index (χ4v) is 1.84. The number of rotatable bonds is 3. The first-order valence-electron chi connectivity index (χ1n) is 6.62. The summed E-state index contributed by atoms with van der Waals surface area (Å²) in [4.78, 5) is 22.2. The molecule has 0 spiro atoms. The van der Waals surface area contributed by atoms with Crippen molar-refractivity contribution in [3.8, 4) is 17.6 Å². The third-order valence-electron chi connectivity index (χ3n) is 2.81. The van der Waals surface area contributed by atoms with Gasteiger partial charge in [0.25, 0.3) is 5.91 Å². The lowest BCUT2D eigenvalue weighted by molar-refractivity contribution is -0.130. The van der Waals surface area contributed by atoms with E-state index in [1.807, 2.05) is 5.92 Å². The van der Waals surface area contributed by atoms with Crippen molar-refractivity contribution in [1.82, 2.24) is 5.43 Å². The van der Waals surface area contributed by atoms with E-state index in [0.29, 0.717) is 11.1 Å². The molecule has 24 heavy (non-hydrogen) atoms. The first-order valence-corrected chi connectivity index (χ1v) is 7.00. The summed E-state index contributed by atoms with van der Waals surface area (Å²) >= 11 is 5.73. The van der Waals surface area contributed by atoms with Crippen molar-refractivity contribution in [2.45, 2.75) is 0 Å². The molecule has 120 valence electrons. The molecule has 0 saturated heterocycles. The minimum Gasteiger partial charge on any atom is -0.506 e. The number of nitrogens with one attached hydrogen (secondary N) is 1. The van der Waals surface area contributed by atoms with Gasteiger partial charge in [0.2, 0.25) is 0 Å². The molecule has 0 aliphatic carbocycles. The van der Waals surface area contributed by atoms with Crippen molar-refractivity contribution in [2.24, 2.45) is 5.10 Å². The average Bonchev–Trinajstić information content (AvgIpc) is 2.56. The van der Waals surface area contributed by atoms with Crippen LogP contribution >= 0.6 is 11.6 Å². The van der Waals surface area contributed by atoms with Gasteiger partial charge in [0.1, 0.15) is 5.75 Å². The smallest absolute Gasteiger partial charge is 0.382 e. The Kier molecular flexibility index (Phi) is 5.55. The molecule has 0 aliphatic rings. The van der Waals surface area contributed by atoms with E-state index in [1.54, 1.807) is 24.3 Å². The summed E-state index contributed by atoms with van der Waals surface area (Å²) < 4.78 is 0. The number of benzene rings is 2. The van der Waals surface area contributed by atoms with Crippen LogP contribution in [0.2, 0.25) is 5.02 Å². The van der Waals surface area contributed by atoms with Crippen LogP contribution < -0.4 is 5.43 Å². The standard InChI is InChI=1S/C17H11ClN2O4/c18-14-9-13(6-7-15(14)21)17(24)20-19-10-12-3-1-11(2-4-12)5-8-16(22)23/h1-4,6-7,9-10,21H,(H,20,24)(H,22,23)/b19-10+. The third kappa shape index (κ3) is 4.87. The quantitative estimate of drug-likeness (QED) is 0.452. The van der Waals surface area contributed by atoms with Gasteiger partial charge in [-0.2, -0.15) is 5.10 Å². The van der Waals surface area contributed by atoms with Gasteiger partial charge in [0.15, 0.2) is 0 Å². The number of carbonyl (C=O) groups is 2. The molecule has 0 atom stereocenters. The summed E-state index contributed by atoms with van der Waals surface area (Å²) in [5.41, 5.74) is 3.84. The fourth-order valence-electron chi connectivity index (χ4n) is 1.66. The zero-order valence-electron chi connectivity index (χ0n) is 12.2. The number of hydrogen-bond acceptors (Lipinski definition) is 4. The molecule has 0 fully saturated rings. The number of carboxylic acids is 1. The van der Waals surface area contributed by atoms with Crippen LogP contribution in [0.3, 0.4) is 0 Å². The summed E-state index contributed by atoms with van der Waals surface area (Å²) in [5, 5.41) is 21.7. The fraction of sp³-hybridized carbons (Fsp3) is 0. The van der Waals surface area contributed by atoms with Crippen LogP contribution in [0.4, 0.5) is 0 Å². The summed E-state index contributed by atoms with van der Waals surface area (Å²) in [6, 6.07) is 10.7. The zero-order chi connectivity index (χ0) is 17.5. The van der Waals surface area contributed by atoms with Crippen molar-refractivity contribution >= 4 is 29.7 Å². The lowest BCUT2D eigenvalue weighted by Crippen LogP contribution is -2.17. The average molecular weight is 343 g/mol. The largest absolute Gasteiger partial charge is 0.506 e. The minimum absolute atomic E-state index is 0.0738. The predicted octanol–water partition coefficient (Wildman–Crippen LogP) is 2.25. The number of hydrogen-bond donors (Lipinski definition) is 3. The van der Waals surface area contributed by atoms with E-state index in [1.165, 1.54) is 24.4 Å². The molecule has 0 radical (unpaired) electrons. The number of phenols is 1. The molecule has 2 aromatic rings. The summed E-state index contributed by atoms with van der Waals surface area (Å²) in [5.74, 6) is 2.71. The molecule has 0 aromatic heterocycles. The molecular weight excluding hydrogens is 332 g/mol. The summed E-state index contributed by atoms with van der Waals surface area (Å²) in [7, 11) is 0. The maximum Gasteiger partial charge on any atom is 0.382 e. The van der Waals surface area contributed by atoms with E-state index in [0.717, 1.165) is 0 Å². The van der Waals surface area contributed by atoms with Gasteiger partial charge < -0.3 is 10.2 Å². The van der Waals surface area contributed by atoms with E-state index >= 15 is 0 Å². The number of carbonyl (C=O) groups excluding carboxylic acids is 1. The summed E-state index contributed by atoms with van der Waals surface area (Å²) in [6.07, 6.45) is 1.42. The molecule has 0 saturated carbocycles. The Labute approximate surface area is 142 Å². The van der Waals surface area contributed by atoms with Crippen LogP contribution in [0, 0.1) is 11.8 Å². The maximum atomic E-state index is 11.9. The Balaban J connectivity index is 1.98. The lowest BCUT2D eigenvalue weighted by Gasteiger charge is -2.02. The van der Waals surface area contributed by atoms with Gasteiger partial charge >= 0.3 is 5.97 Å². The molecule has 0 aliphatic heterocycles. The number of aliphatic carboxylic acids is 1. The molecule has 3 N–H and O–H groups in total. The van der Waals surface area contributed by atoms with Gasteiger partial charge in [0.05, 0.1) is 11.2 Å². The van der Waals surface area contributed by atoms with Crippen LogP contribution in [-0.2, 0) is 4.79 Å². The van der Waals surface area contributed by atoms with Crippen LogP contribution in [-0.4, -0.2) is 28.3 Å². The van der Waals surface area contributed by atoms with E-state index in [9.17, 15) is 14.7 Å². The molecule has 0 bridgehead atoms. The first kappa shape index (κ1) is 17.1. The third-order valence-corrected chi connectivity index (χ3v) is 3.12. The second-order valence-corrected chi connectivity index (χ2v) is 4.95. The molecule has 0 unspecified atom stereocenters. The molecular formula is C17H11ClN2O4. The second-order valence-electron chi connectivity index (χ2n) is 4.54. The maximum absolute atomic E-state index is 11.9. The number of halogens is 1. The van der Waals surface area contributed by atoms with Crippen LogP contribution in [0.25, 0.3) is 0 Å². The SMILES string of the molecule is O=C(O)C#Cc1ccc(/C=N/NC(=O)c2ccc(O)c(Cl)c2)cc1. The van der Waals surface area contributed by atoms with Crippen molar-refractivity contribution in [3.63, 3.8) is 0 Å². The van der Waals surface area contributed by atoms with Crippen LogP contribution in [0.5, 0.6) is 5.75 Å². The van der Waals surface area contributed by atoms with Gasteiger partial charge in [-0.3, -0.25) is 4.79 Å². The second kappa shape index (κ2) is 7.81.